The predicted octanol–water partition coefficient (Wildman–Crippen LogP) is 5.82. The number of aliphatic imine (C=N–C) groups is 1. The average molecular weight is 835 g/mol. The van der Waals surface area contributed by atoms with Gasteiger partial charge in [0, 0.05) is 42.8 Å². The summed E-state index contributed by atoms with van der Waals surface area (Å²) >= 11 is 1.45. The van der Waals surface area contributed by atoms with E-state index in [-0.39, 0.29) is 30.6 Å². The van der Waals surface area contributed by atoms with Crippen LogP contribution in [0.3, 0.4) is 0 Å². The number of nitrogens with zero attached hydrogens (tertiary/aromatic N) is 4. The van der Waals surface area contributed by atoms with Crippen molar-refractivity contribution in [3.05, 3.63) is 42.1 Å². The van der Waals surface area contributed by atoms with E-state index in [1.807, 2.05) is 59.7 Å². The summed E-state index contributed by atoms with van der Waals surface area (Å²) in [5.41, 5.74) is 0.598. The van der Waals surface area contributed by atoms with Gasteiger partial charge in [0.05, 0.1) is 35.3 Å². The van der Waals surface area contributed by atoms with Crippen LogP contribution in [0, 0.1) is 35.5 Å². The number of aromatic nitrogens is 1. The summed E-state index contributed by atoms with van der Waals surface area (Å²) in [7, 11) is 3.81. The Kier molecular flexibility index (Phi) is 14.1. The number of likely N-dealkylation sites (N-methyl/N-ethyl adjacent to an activating group) is 1. The fraction of sp³-hybridized carbons (Fsp3) is 0.667. The number of fused-ring (bicyclic) bond motifs is 1. The molecule has 13 atom stereocenters. The van der Waals surface area contributed by atoms with Gasteiger partial charge in [-0.25, -0.2) is 9.17 Å². The van der Waals surface area contributed by atoms with Gasteiger partial charge in [0.1, 0.15) is 24.7 Å². The second-order valence-corrected chi connectivity index (χ2v) is 18.3. The third kappa shape index (κ3) is 9.31. The topological polar surface area (TPSA) is 149 Å². The van der Waals surface area contributed by atoms with Gasteiger partial charge in [-0.2, -0.15) is 0 Å². The summed E-state index contributed by atoms with van der Waals surface area (Å²) in [4.78, 5) is 51.9. The molecule has 1 amide bonds. The third-order valence-corrected chi connectivity index (χ3v) is 13.7. The molecule has 322 valence electrons. The first-order valence-corrected chi connectivity index (χ1v) is 21.8. The molecule has 1 aromatic carbocycles. The molecule has 13 nitrogen and oxygen atoms in total. The van der Waals surface area contributed by atoms with Gasteiger partial charge in [0.25, 0.3) is 0 Å². The lowest BCUT2D eigenvalue weighted by atomic mass is 9.73. The number of ether oxygens (including phenoxy) is 5. The molecular weight excluding hydrogens is 773 g/mol. The van der Waals surface area contributed by atoms with Crippen molar-refractivity contribution in [1.82, 2.24) is 14.2 Å². The Morgan fingerprint density at radius 2 is 1.76 bits per heavy atom. The van der Waals surface area contributed by atoms with Gasteiger partial charge in [-0.05, 0) is 95.7 Å². The van der Waals surface area contributed by atoms with Gasteiger partial charge in [-0.1, -0.05) is 63.8 Å². The Morgan fingerprint density at radius 3 is 2.42 bits per heavy atom. The van der Waals surface area contributed by atoms with Crippen molar-refractivity contribution in [2.45, 2.75) is 135 Å². The number of amides is 1. The quantitative estimate of drug-likeness (QED) is 0.195. The second-order valence-electron chi connectivity index (χ2n) is 17.5. The molecule has 2 aromatic rings. The number of benzene rings is 1. The minimum absolute atomic E-state index is 0.0162. The molecule has 0 unspecified atom stereocenters. The normalized spacial score (nSPS) is 36.8. The SMILES string of the molecule is CC[C@H]1OC(=O)[C@H](C)C(=O)[C@H](C)[C@@H](O[C@@H]2O[C@H](C)C[C@H](N(C)C)[C@H]2O)[C@](C)(OCC#CCc2ccc(-c3ccns3)cc2)C[C@@H](C)C2=NCCN3C(=O)O[C@@]1(C)[C@H]3[C@H]2C. The first-order chi connectivity index (χ1) is 28.0. The van der Waals surface area contributed by atoms with Crippen molar-refractivity contribution < 1.29 is 43.2 Å². The van der Waals surface area contributed by atoms with Crippen molar-refractivity contribution in [1.29, 1.82) is 0 Å². The fourth-order valence-electron chi connectivity index (χ4n) is 9.82. The molecule has 4 aliphatic rings. The Balaban J connectivity index is 1.37. The zero-order chi connectivity index (χ0) is 42.8. The zero-order valence-corrected chi connectivity index (χ0v) is 37.0. The fourth-order valence-corrected chi connectivity index (χ4v) is 10.4. The van der Waals surface area contributed by atoms with Gasteiger partial charge in [0.2, 0.25) is 0 Å². The first-order valence-electron chi connectivity index (χ1n) is 21.0. The number of carbonyl (C=O) groups is 3. The Bertz CT molecular complexity index is 1900. The highest BCUT2D eigenvalue weighted by molar-refractivity contribution is 7.09. The largest absolute Gasteiger partial charge is 0.458 e. The van der Waals surface area contributed by atoms with Gasteiger partial charge >= 0.3 is 12.1 Å². The van der Waals surface area contributed by atoms with E-state index in [1.54, 1.807) is 18.0 Å². The van der Waals surface area contributed by atoms with Gasteiger partial charge in [-0.3, -0.25) is 19.5 Å². The van der Waals surface area contributed by atoms with Crippen molar-refractivity contribution in [3.8, 4) is 22.3 Å². The summed E-state index contributed by atoms with van der Waals surface area (Å²) in [6, 6.07) is 9.47. The number of aliphatic hydroxyl groups is 1. The molecule has 3 saturated heterocycles. The maximum atomic E-state index is 14.6. The summed E-state index contributed by atoms with van der Waals surface area (Å²) < 4.78 is 36.5. The molecule has 4 aliphatic heterocycles. The zero-order valence-electron chi connectivity index (χ0n) is 36.2. The molecule has 1 N–H and O–H groups in total. The molecule has 1 aromatic heterocycles. The maximum absolute atomic E-state index is 14.6. The van der Waals surface area contributed by atoms with Crippen LogP contribution in [0.4, 0.5) is 4.79 Å². The summed E-state index contributed by atoms with van der Waals surface area (Å²) in [6.45, 7) is 15.7. The van der Waals surface area contributed by atoms with E-state index >= 15 is 0 Å². The molecule has 0 aliphatic carbocycles. The van der Waals surface area contributed by atoms with Crippen LogP contribution in [0.2, 0.25) is 0 Å². The standard InChI is InChI=1S/C45H62N4O9S/c1-11-35-45(8)39-28(4)36(46-21-22-49(39)43(53)58-45)26(2)25-44(7,54-23-13-12-14-31-15-17-32(18-16-31)34-19-20-47-59-34)40(29(5)37(50)30(6)41(52)56-35)57-42-38(51)33(48(9)10)24-27(3)55-42/h15-20,26-30,33,35,38-40,42,51H,11,14,21-25H2,1-10H3/t26-,27-,28+,29+,30-,33+,35-,38-,39-,40-,42+,44-,45-/m1/s1. The smallest absolute Gasteiger partial charge is 0.410 e. The molecule has 2 bridgehead atoms. The molecule has 6 rings (SSSR count). The number of ketones is 1. The molecule has 3 fully saturated rings. The van der Waals surface area contributed by atoms with Crippen LogP contribution < -0.4 is 0 Å². The van der Waals surface area contributed by atoms with Crippen LogP contribution in [0.25, 0.3) is 10.4 Å². The Hall–Kier alpha value is -3.71. The number of esters is 1. The summed E-state index contributed by atoms with van der Waals surface area (Å²) in [5, 5.41) is 11.7. The highest BCUT2D eigenvalue weighted by atomic mass is 32.1. The molecule has 59 heavy (non-hydrogen) atoms. The van der Waals surface area contributed by atoms with Gasteiger partial charge in [-0.15, -0.1) is 0 Å². The number of aliphatic hydroxyl groups excluding tert-OH is 1. The second kappa shape index (κ2) is 18.5. The number of Topliss-reactive ketones (excluding diaryl/α,β-unsaturated/α-hetero) is 1. The summed E-state index contributed by atoms with van der Waals surface area (Å²) in [6.07, 6.45) is -1.10. The van der Waals surface area contributed by atoms with Gasteiger partial charge in [0.15, 0.2) is 17.7 Å². The van der Waals surface area contributed by atoms with Gasteiger partial charge < -0.3 is 33.7 Å². The number of rotatable bonds is 8. The Morgan fingerprint density at radius 1 is 1.03 bits per heavy atom. The van der Waals surface area contributed by atoms with E-state index in [0.717, 1.165) is 21.7 Å². The van der Waals surface area contributed by atoms with Crippen LogP contribution in [0.15, 0.2) is 41.5 Å². The predicted molar refractivity (Wildman–Crippen MR) is 225 cm³/mol. The van der Waals surface area contributed by atoms with Crippen molar-refractivity contribution in [2.75, 3.05) is 33.8 Å². The molecule has 5 heterocycles. The number of hydrogen-bond donors (Lipinski definition) is 1. The molecule has 0 saturated carbocycles. The average Bonchev–Trinajstić information content (AvgIpc) is 3.78. The number of cyclic esters (lactones) is 1. The first kappa shape index (κ1) is 44.8. The molecule has 0 radical (unpaired) electrons. The lowest BCUT2D eigenvalue weighted by molar-refractivity contribution is -0.296. The molecule has 0 spiro atoms. The third-order valence-electron chi connectivity index (χ3n) is 12.9. The van der Waals surface area contributed by atoms with E-state index in [2.05, 4.69) is 47.4 Å². The van der Waals surface area contributed by atoms with Crippen molar-refractivity contribution >= 4 is 35.1 Å². The summed E-state index contributed by atoms with van der Waals surface area (Å²) in [5.74, 6) is 2.69. The van der Waals surface area contributed by atoms with Crippen molar-refractivity contribution in [3.63, 3.8) is 0 Å². The van der Waals surface area contributed by atoms with E-state index in [9.17, 15) is 19.5 Å². The van der Waals surface area contributed by atoms with E-state index in [4.69, 9.17) is 28.7 Å². The number of hydrogen-bond acceptors (Lipinski definition) is 13. The van der Waals surface area contributed by atoms with E-state index in [1.165, 1.54) is 18.5 Å². The van der Waals surface area contributed by atoms with Crippen LogP contribution in [-0.2, 0) is 39.7 Å². The minimum atomic E-state index is -1.23. The lowest BCUT2D eigenvalue weighted by Crippen LogP contribution is -2.60. The van der Waals surface area contributed by atoms with Crippen LogP contribution in [0.5, 0.6) is 0 Å². The van der Waals surface area contributed by atoms with Crippen LogP contribution >= 0.6 is 11.5 Å². The van der Waals surface area contributed by atoms with Crippen molar-refractivity contribution in [2.24, 2.45) is 28.7 Å². The van der Waals surface area contributed by atoms with Crippen LogP contribution in [0.1, 0.15) is 80.2 Å². The van der Waals surface area contributed by atoms with Crippen LogP contribution in [-0.4, -0.2) is 131 Å². The number of carbonyl (C=O) groups excluding carboxylic acids is 3. The highest BCUT2D eigenvalue weighted by Crippen LogP contribution is 2.44. The van der Waals surface area contributed by atoms with E-state index < -0.39 is 71.5 Å². The molecular formula is C45H62N4O9S. The minimum Gasteiger partial charge on any atom is -0.458 e. The molecule has 14 heteroatoms. The monoisotopic (exact) mass is 834 g/mol. The maximum Gasteiger partial charge on any atom is 0.410 e. The van der Waals surface area contributed by atoms with E-state index in [0.29, 0.717) is 38.8 Å². The Labute approximate surface area is 353 Å². The highest BCUT2D eigenvalue weighted by Gasteiger charge is 2.60. The lowest BCUT2D eigenvalue weighted by Gasteiger charge is -2.47.